The second kappa shape index (κ2) is 6.65. The summed E-state index contributed by atoms with van der Waals surface area (Å²) in [7, 11) is 0. The lowest BCUT2D eigenvalue weighted by Crippen LogP contribution is -1.97. The summed E-state index contributed by atoms with van der Waals surface area (Å²) >= 11 is 3.50. The molecule has 22 heavy (non-hydrogen) atoms. The van der Waals surface area contributed by atoms with Crippen molar-refractivity contribution in [2.45, 2.75) is 12.8 Å². The zero-order valence-corrected chi connectivity index (χ0v) is 13.6. The lowest BCUT2D eigenvalue weighted by atomic mass is 9.91. The van der Waals surface area contributed by atoms with E-state index in [0.717, 1.165) is 38.2 Å². The van der Waals surface area contributed by atoms with Crippen molar-refractivity contribution in [2.75, 3.05) is 13.2 Å². The largest absolute Gasteiger partial charge is 0.456 e. The van der Waals surface area contributed by atoms with E-state index >= 15 is 0 Å². The zero-order valence-electron chi connectivity index (χ0n) is 12.1. The number of benzene rings is 2. The van der Waals surface area contributed by atoms with E-state index in [0.29, 0.717) is 12.8 Å². The molecular formula is C18H17BrO3. The third-order valence-corrected chi connectivity index (χ3v) is 4.28. The van der Waals surface area contributed by atoms with Crippen LogP contribution in [0.2, 0.25) is 0 Å². The van der Waals surface area contributed by atoms with Gasteiger partial charge in [0, 0.05) is 28.8 Å². The average molecular weight is 361 g/mol. The Morgan fingerprint density at radius 3 is 2.18 bits per heavy atom. The Morgan fingerprint density at radius 2 is 1.45 bits per heavy atom. The molecule has 0 spiro atoms. The minimum absolute atomic E-state index is 0.0540. The molecule has 0 unspecified atom stereocenters. The Hall–Kier alpha value is -1.62. The second-order valence-electron chi connectivity index (χ2n) is 5.14. The second-order valence-corrected chi connectivity index (χ2v) is 6.06. The number of rotatable bonds is 4. The first-order valence-electron chi connectivity index (χ1n) is 7.25. The highest BCUT2D eigenvalue weighted by atomic mass is 79.9. The fraction of sp³-hybridized carbons (Fsp3) is 0.222. The minimum atomic E-state index is 0.0540. The fourth-order valence-electron chi connectivity index (χ4n) is 2.87. The number of ether oxygens (including phenoxy) is 1. The maximum atomic E-state index is 9.49. The topological polar surface area (TPSA) is 49.7 Å². The van der Waals surface area contributed by atoms with Crippen molar-refractivity contribution in [1.82, 2.24) is 0 Å². The van der Waals surface area contributed by atoms with E-state index in [1.165, 1.54) is 0 Å². The molecule has 0 bridgehead atoms. The van der Waals surface area contributed by atoms with Gasteiger partial charge in [0.25, 0.3) is 0 Å². The van der Waals surface area contributed by atoms with E-state index in [9.17, 15) is 10.2 Å². The summed E-state index contributed by atoms with van der Waals surface area (Å²) in [6.07, 6.45) is 1.05. The summed E-state index contributed by atoms with van der Waals surface area (Å²) in [4.78, 5) is 0. The lowest BCUT2D eigenvalue weighted by molar-refractivity contribution is 0.301. The molecule has 0 aromatic heterocycles. The normalized spacial score (nSPS) is 13.2. The molecule has 0 amide bonds. The molecule has 0 aliphatic carbocycles. The van der Waals surface area contributed by atoms with E-state index in [2.05, 4.69) is 15.9 Å². The summed E-state index contributed by atoms with van der Waals surface area (Å²) in [5, 5.41) is 19.0. The van der Waals surface area contributed by atoms with Gasteiger partial charge < -0.3 is 14.9 Å². The number of halogens is 1. The lowest BCUT2D eigenvalue weighted by Gasteiger charge is -2.13. The van der Waals surface area contributed by atoms with Crippen LogP contribution in [0.5, 0.6) is 11.5 Å². The van der Waals surface area contributed by atoms with Gasteiger partial charge in [-0.3, -0.25) is 0 Å². The molecule has 1 heterocycles. The van der Waals surface area contributed by atoms with Gasteiger partial charge in [0.1, 0.15) is 11.5 Å². The first kappa shape index (κ1) is 15.3. The molecule has 0 atom stereocenters. The van der Waals surface area contributed by atoms with Crippen molar-refractivity contribution in [2.24, 2.45) is 0 Å². The van der Waals surface area contributed by atoms with Gasteiger partial charge in [-0.15, -0.1) is 0 Å². The van der Waals surface area contributed by atoms with Crippen molar-refractivity contribution in [3.63, 3.8) is 0 Å². The van der Waals surface area contributed by atoms with Gasteiger partial charge >= 0.3 is 0 Å². The van der Waals surface area contributed by atoms with Crippen LogP contribution in [-0.2, 0) is 0 Å². The molecule has 2 aromatic rings. The number of hydrogen-bond acceptors (Lipinski definition) is 3. The molecule has 3 nitrogen and oxygen atoms in total. The van der Waals surface area contributed by atoms with Gasteiger partial charge in [0.2, 0.25) is 0 Å². The van der Waals surface area contributed by atoms with Crippen molar-refractivity contribution in [3.8, 4) is 11.5 Å². The molecule has 0 saturated carbocycles. The van der Waals surface area contributed by atoms with Gasteiger partial charge in [-0.05, 0) is 48.3 Å². The van der Waals surface area contributed by atoms with E-state index in [1.54, 1.807) is 0 Å². The highest BCUT2D eigenvalue weighted by Gasteiger charge is 2.22. The third kappa shape index (κ3) is 2.82. The van der Waals surface area contributed by atoms with Crippen molar-refractivity contribution in [1.29, 1.82) is 0 Å². The number of aliphatic hydroxyl groups excluding tert-OH is 2. The number of fused-ring (bicyclic) bond motifs is 2. The molecule has 114 valence electrons. The summed E-state index contributed by atoms with van der Waals surface area (Å²) in [5.74, 6) is 1.55. The van der Waals surface area contributed by atoms with Crippen LogP contribution in [0, 0.1) is 0 Å². The Balaban J connectivity index is 2.30. The summed E-state index contributed by atoms with van der Waals surface area (Å²) in [5.41, 5.74) is 4.00. The molecule has 3 rings (SSSR count). The standard InChI is InChI=1S/C18H17BrO3/c19-12-5-6-18-16(11-12)14(8-10-21)13(7-9-20)15-3-1-2-4-17(15)22-18/h1-6,11,20-21H,7-10H2. The molecule has 4 heteroatoms. The molecule has 0 radical (unpaired) electrons. The summed E-state index contributed by atoms with van der Waals surface area (Å²) in [6.45, 7) is 0.111. The highest BCUT2D eigenvalue weighted by Crippen LogP contribution is 2.45. The predicted molar refractivity (Wildman–Crippen MR) is 90.9 cm³/mol. The first-order chi connectivity index (χ1) is 10.7. The third-order valence-electron chi connectivity index (χ3n) is 3.79. The van der Waals surface area contributed by atoms with Crippen LogP contribution in [0.25, 0.3) is 11.1 Å². The number of aliphatic hydroxyl groups is 2. The fourth-order valence-corrected chi connectivity index (χ4v) is 3.23. The van der Waals surface area contributed by atoms with Crippen molar-refractivity contribution < 1.29 is 14.9 Å². The SMILES string of the molecule is OCCC1=C(CCO)c2cc(Br)ccc2Oc2ccccc21. The summed E-state index contributed by atoms with van der Waals surface area (Å²) < 4.78 is 7.04. The smallest absolute Gasteiger partial charge is 0.135 e. The van der Waals surface area contributed by atoms with Crippen LogP contribution < -0.4 is 4.74 Å². The molecule has 2 aromatic carbocycles. The Bertz CT molecular complexity index is 722. The maximum Gasteiger partial charge on any atom is 0.135 e. The first-order valence-corrected chi connectivity index (χ1v) is 8.05. The Labute approximate surface area is 138 Å². The molecule has 2 N–H and O–H groups in total. The summed E-state index contributed by atoms with van der Waals surface area (Å²) in [6, 6.07) is 13.7. The quantitative estimate of drug-likeness (QED) is 0.857. The monoisotopic (exact) mass is 360 g/mol. The number of para-hydroxylation sites is 1. The zero-order chi connectivity index (χ0) is 15.5. The number of hydrogen-bond donors (Lipinski definition) is 2. The Morgan fingerprint density at radius 1 is 0.818 bits per heavy atom. The van der Waals surface area contributed by atoms with Gasteiger partial charge in [-0.25, -0.2) is 0 Å². The van der Waals surface area contributed by atoms with E-state index < -0.39 is 0 Å². The van der Waals surface area contributed by atoms with Crippen LogP contribution in [0.3, 0.4) is 0 Å². The van der Waals surface area contributed by atoms with Crippen molar-refractivity contribution >= 4 is 27.1 Å². The maximum absolute atomic E-state index is 9.49. The predicted octanol–water partition coefficient (Wildman–Crippen LogP) is 4.23. The molecule has 0 saturated heterocycles. The van der Waals surface area contributed by atoms with Gasteiger partial charge in [0.05, 0.1) is 0 Å². The minimum Gasteiger partial charge on any atom is -0.456 e. The molecular weight excluding hydrogens is 344 g/mol. The molecule has 1 aliphatic heterocycles. The van der Waals surface area contributed by atoms with Crippen LogP contribution in [0.15, 0.2) is 46.9 Å². The van der Waals surface area contributed by atoms with Crippen LogP contribution in [-0.4, -0.2) is 23.4 Å². The molecule has 1 aliphatic rings. The molecule has 0 fully saturated rings. The van der Waals surface area contributed by atoms with Crippen LogP contribution >= 0.6 is 15.9 Å². The van der Waals surface area contributed by atoms with Crippen LogP contribution in [0.1, 0.15) is 24.0 Å². The van der Waals surface area contributed by atoms with Crippen molar-refractivity contribution in [3.05, 3.63) is 58.1 Å². The van der Waals surface area contributed by atoms with E-state index in [-0.39, 0.29) is 13.2 Å². The highest BCUT2D eigenvalue weighted by molar-refractivity contribution is 9.10. The van der Waals surface area contributed by atoms with Gasteiger partial charge in [-0.1, -0.05) is 34.1 Å². The average Bonchev–Trinajstić information content (AvgIpc) is 2.64. The van der Waals surface area contributed by atoms with Crippen LogP contribution in [0.4, 0.5) is 0 Å². The van der Waals surface area contributed by atoms with E-state index in [4.69, 9.17) is 4.74 Å². The van der Waals surface area contributed by atoms with E-state index in [1.807, 2.05) is 42.5 Å². The van der Waals surface area contributed by atoms with Gasteiger partial charge in [0.15, 0.2) is 0 Å². The Kier molecular flexibility index (Phi) is 4.62. The van der Waals surface area contributed by atoms with Gasteiger partial charge in [-0.2, -0.15) is 0 Å².